The predicted octanol–water partition coefficient (Wildman–Crippen LogP) is 4.00. The van der Waals surface area contributed by atoms with E-state index < -0.39 is 5.41 Å². The topological polar surface area (TPSA) is 29.5 Å². The van der Waals surface area contributed by atoms with Crippen LogP contribution in [0.3, 0.4) is 0 Å². The Hall–Kier alpha value is -1.40. The molecule has 0 N–H and O–H groups in total. The molecule has 1 fully saturated rings. The van der Waals surface area contributed by atoms with Crippen molar-refractivity contribution in [3.05, 3.63) is 69.3 Å². The summed E-state index contributed by atoms with van der Waals surface area (Å²) >= 11 is 2.30. The highest BCUT2D eigenvalue weighted by atomic mass is 127. The molecule has 1 saturated heterocycles. The molecule has 1 heterocycles. The third kappa shape index (κ3) is 3.64. The van der Waals surface area contributed by atoms with Crippen molar-refractivity contribution < 1.29 is 9.53 Å². The van der Waals surface area contributed by atoms with Gasteiger partial charge in [-0.15, -0.1) is 0 Å². The van der Waals surface area contributed by atoms with E-state index in [9.17, 15) is 4.79 Å². The number of carbonyl (C=O) groups excluding carboxylic acids is 1. The summed E-state index contributed by atoms with van der Waals surface area (Å²) in [5.74, 6) is -0.0949. The fourth-order valence-electron chi connectivity index (χ4n) is 3.44. The van der Waals surface area contributed by atoms with Crippen LogP contribution in [0.1, 0.15) is 24.5 Å². The molecule has 0 saturated carbocycles. The molecule has 0 amide bonds. The van der Waals surface area contributed by atoms with Crippen LogP contribution in [0.15, 0.2) is 54.6 Å². The maximum Gasteiger partial charge on any atom is 0.317 e. The van der Waals surface area contributed by atoms with Crippen molar-refractivity contribution in [3.63, 3.8) is 0 Å². The van der Waals surface area contributed by atoms with Gasteiger partial charge in [-0.2, -0.15) is 0 Å². The van der Waals surface area contributed by atoms with Crippen molar-refractivity contribution in [2.75, 3.05) is 19.7 Å². The first-order chi connectivity index (χ1) is 11.6. The van der Waals surface area contributed by atoms with Crippen molar-refractivity contribution in [1.82, 2.24) is 4.90 Å². The molecule has 2 aromatic carbocycles. The smallest absolute Gasteiger partial charge is 0.317 e. The summed E-state index contributed by atoms with van der Waals surface area (Å²) in [4.78, 5) is 15.2. The highest BCUT2D eigenvalue weighted by Crippen LogP contribution is 2.37. The van der Waals surface area contributed by atoms with Crippen LogP contribution < -0.4 is 0 Å². The molecular weight excluding hydrogens is 413 g/mol. The van der Waals surface area contributed by atoms with E-state index in [2.05, 4.69) is 70.0 Å². The molecule has 1 aliphatic rings. The van der Waals surface area contributed by atoms with Gasteiger partial charge in [0.1, 0.15) is 5.41 Å². The molecule has 0 aromatic heterocycles. The normalized spacial score (nSPS) is 20.9. The third-order valence-corrected chi connectivity index (χ3v) is 5.31. The first-order valence-corrected chi connectivity index (χ1v) is 9.41. The summed E-state index contributed by atoms with van der Waals surface area (Å²) in [6.45, 7) is 4.77. The second kappa shape index (κ2) is 7.66. The zero-order valence-corrected chi connectivity index (χ0v) is 16.0. The number of halogens is 1. The van der Waals surface area contributed by atoms with Crippen molar-refractivity contribution in [2.45, 2.75) is 25.3 Å². The summed E-state index contributed by atoms with van der Waals surface area (Å²) in [6.07, 6.45) is 0.804. The molecule has 2 aromatic rings. The van der Waals surface area contributed by atoms with Gasteiger partial charge in [0.15, 0.2) is 0 Å². The number of hydrogen-bond donors (Lipinski definition) is 0. The molecule has 1 atom stereocenters. The third-order valence-electron chi connectivity index (χ3n) is 4.64. The van der Waals surface area contributed by atoms with Crippen LogP contribution in [0.5, 0.6) is 0 Å². The zero-order valence-electron chi connectivity index (χ0n) is 13.9. The molecular formula is C20H22INO2. The Labute approximate surface area is 157 Å². The first-order valence-electron chi connectivity index (χ1n) is 8.33. The lowest BCUT2D eigenvalue weighted by atomic mass is 9.79. The number of rotatable bonds is 5. The number of ether oxygens (including phenoxy) is 1. The Morgan fingerprint density at radius 1 is 1.21 bits per heavy atom. The van der Waals surface area contributed by atoms with Gasteiger partial charge >= 0.3 is 5.97 Å². The lowest BCUT2D eigenvalue weighted by Gasteiger charge is -2.28. The van der Waals surface area contributed by atoms with Crippen LogP contribution in [0.2, 0.25) is 0 Å². The maximum atomic E-state index is 12.8. The van der Waals surface area contributed by atoms with E-state index in [0.717, 1.165) is 28.6 Å². The molecule has 1 unspecified atom stereocenters. The van der Waals surface area contributed by atoms with Gasteiger partial charge < -0.3 is 4.74 Å². The quantitative estimate of drug-likeness (QED) is 0.526. The average molecular weight is 435 g/mol. The van der Waals surface area contributed by atoms with Crippen LogP contribution in [0, 0.1) is 3.57 Å². The van der Waals surface area contributed by atoms with Crippen LogP contribution >= 0.6 is 22.6 Å². The largest absolute Gasteiger partial charge is 0.465 e. The van der Waals surface area contributed by atoms with Gasteiger partial charge in [0.25, 0.3) is 0 Å². The van der Waals surface area contributed by atoms with E-state index in [1.165, 1.54) is 5.56 Å². The number of carbonyl (C=O) groups is 1. The standard InChI is InChI=1S/C20H22INO2/c1-2-24-19(23)20(17-9-6-10-18(21)13-17)11-12-22(15-20)14-16-7-4-3-5-8-16/h3-10,13H,2,11-12,14-15H2,1H3. The van der Waals surface area contributed by atoms with Crippen molar-refractivity contribution in [1.29, 1.82) is 0 Å². The SMILES string of the molecule is CCOC(=O)C1(c2cccc(I)c2)CCN(Cc2ccccc2)C1. The Bertz CT molecular complexity index is 704. The highest BCUT2D eigenvalue weighted by Gasteiger charge is 2.47. The molecule has 0 radical (unpaired) electrons. The molecule has 0 bridgehead atoms. The number of nitrogens with zero attached hydrogens (tertiary/aromatic N) is 1. The second-order valence-electron chi connectivity index (χ2n) is 6.26. The summed E-state index contributed by atoms with van der Waals surface area (Å²) in [6, 6.07) is 18.7. The second-order valence-corrected chi connectivity index (χ2v) is 7.50. The first kappa shape index (κ1) is 17.4. The van der Waals surface area contributed by atoms with Gasteiger partial charge in [-0.05, 0) is 59.2 Å². The molecule has 0 spiro atoms. The molecule has 1 aliphatic heterocycles. The lowest BCUT2D eigenvalue weighted by Crippen LogP contribution is -2.40. The van der Waals surface area contributed by atoms with E-state index in [1.807, 2.05) is 19.1 Å². The Balaban J connectivity index is 1.86. The van der Waals surface area contributed by atoms with Crippen molar-refractivity contribution in [3.8, 4) is 0 Å². The van der Waals surface area contributed by atoms with Gasteiger partial charge in [-0.1, -0.05) is 42.5 Å². The van der Waals surface area contributed by atoms with Gasteiger partial charge in [0, 0.05) is 23.2 Å². The van der Waals surface area contributed by atoms with Crippen LogP contribution in [0.25, 0.3) is 0 Å². The van der Waals surface area contributed by atoms with Gasteiger partial charge in [0.05, 0.1) is 6.61 Å². The van der Waals surface area contributed by atoms with Crippen LogP contribution in [-0.2, 0) is 21.5 Å². The number of likely N-dealkylation sites (tertiary alicyclic amines) is 1. The van der Waals surface area contributed by atoms with Crippen molar-refractivity contribution >= 4 is 28.6 Å². The van der Waals surface area contributed by atoms with Gasteiger partial charge in [0.2, 0.25) is 0 Å². The van der Waals surface area contributed by atoms with Crippen LogP contribution in [-0.4, -0.2) is 30.6 Å². The summed E-state index contributed by atoms with van der Waals surface area (Å²) < 4.78 is 6.60. The fourth-order valence-corrected chi connectivity index (χ4v) is 3.98. The Morgan fingerprint density at radius 3 is 2.71 bits per heavy atom. The van der Waals surface area contributed by atoms with Crippen molar-refractivity contribution in [2.24, 2.45) is 0 Å². The minimum atomic E-state index is -0.550. The van der Waals surface area contributed by atoms with Crippen LogP contribution in [0.4, 0.5) is 0 Å². The molecule has 24 heavy (non-hydrogen) atoms. The Kier molecular flexibility index (Phi) is 5.56. The molecule has 3 nitrogen and oxygen atoms in total. The predicted molar refractivity (Wildman–Crippen MR) is 104 cm³/mol. The summed E-state index contributed by atoms with van der Waals surface area (Å²) in [5, 5.41) is 0. The summed E-state index contributed by atoms with van der Waals surface area (Å²) in [7, 11) is 0. The number of esters is 1. The van der Waals surface area contributed by atoms with E-state index in [1.54, 1.807) is 0 Å². The maximum absolute atomic E-state index is 12.8. The van der Waals surface area contributed by atoms with Gasteiger partial charge in [-0.3, -0.25) is 9.69 Å². The lowest BCUT2D eigenvalue weighted by molar-refractivity contribution is -0.149. The number of benzene rings is 2. The van der Waals surface area contributed by atoms with Gasteiger partial charge in [-0.25, -0.2) is 0 Å². The average Bonchev–Trinajstić information content (AvgIpc) is 3.01. The van der Waals surface area contributed by atoms with E-state index in [-0.39, 0.29) is 5.97 Å². The minimum absolute atomic E-state index is 0.0949. The number of hydrogen-bond acceptors (Lipinski definition) is 3. The molecule has 4 heteroatoms. The van der Waals surface area contributed by atoms with E-state index in [0.29, 0.717) is 13.2 Å². The minimum Gasteiger partial charge on any atom is -0.465 e. The Morgan fingerprint density at radius 2 is 2.00 bits per heavy atom. The van der Waals surface area contributed by atoms with E-state index >= 15 is 0 Å². The fraction of sp³-hybridized carbons (Fsp3) is 0.350. The van der Waals surface area contributed by atoms with E-state index in [4.69, 9.17) is 4.74 Å². The summed E-state index contributed by atoms with van der Waals surface area (Å²) in [5.41, 5.74) is 1.80. The monoisotopic (exact) mass is 435 g/mol. The molecule has 126 valence electrons. The molecule has 0 aliphatic carbocycles. The highest BCUT2D eigenvalue weighted by molar-refractivity contribution is 14.1. The molecule has 3 rings (SSSR count). The zero-order chi connectivity index (χ0) is 17.0.